The van der Waals surface area contributed by atoms with E-state index in [1.165, 1.54) is 33.1 Å². The second kappa shape index (κ2) is 8.65. The zero-order chi connectivity index (χ0) is 20.2. The molecule has 0 radical (unpaired) electrons. The fourth-order valence-corrected chi connectivity index (χ4v) is 4.79. The van der Waals surface area contributed by atoms with Gasteiger partial charge < -0.3 is 4.74 Å². The number of nitrogens with zero attached hydrogens (tertiary/aromatic N) is 1. The summed E-state index contributed by atoms with van der Waals surface area (Å²) in [5, 5.41) is 0. The average Bonchev–Trinajstić information content (AvgIpc) is 2.90. The molecule has 2 aliphatic rings. The third-order valence-corrected chi connectivity index (χ3v) is 6.35. The Morgan fingerprint density at radius 1 is 1.07 bits per heavy atom. The minimum atomic E-state index is -0.471. The minimum Gasteiger partial charge on any atom is -0.491 e. The van der Waals surface area contributed by atoms with Gasteiger partial charge >= 0.3 is 0 Å². The van der Waals surface area contributed by atoms with Crippen LogP contribution in [0.25, 0.3) is 0 Å². The molecule has 1 aromatic carbocycles. The number of para-hydroxylation sites is 2. The highest BCUT2D eigenvalue weighted by Gasteiger charge is 2.25. The third kappa shape index (κ3) is 4.42. The number of hydrogen-bond donors (Lipinski definition) is 2. The highest BCUT2D eigenvalue weighted by molar-refractivity contribution is 7.14. The number of benzene rings is 1. The topological polar surface area (TPSA) is 87.7 Å². The van der Waals surface area contributed by atoms with Gasteiger partial charge in [0.15, 0.2) is 0 Å². The van der Waals surface area contributed by atoms with Crippen LogP contribution in [0.3, 0.4) is 0 Å². The molecule has 29 heavy (non-hydrogen) atoms. The molecule has 0 saturated carbocycles. The quantitative estimate of drug-likeness (QED) is 0.598. The van der Waals surface area contributed by atoms with Crippen molar-refractivity contribution in [2.24, 2.45) is 0 Å². The van der Waals surface area contributed by atoms with Crippen molar-refractivity contribution in [3.63, 3.8) is 0 Å². The maximum absolute atomic E-state index is 12.4. The summed E-state index contributed by atoms with van der Waals surface area (Å²) in [6, 6.07) is 9.03. The Balaban J connectivity index is 1.37. The molecule has 4 rings (SSSR count). The molecule has 152 valence electrons. The first-order valence-corrected chi connectivity index (χ1v) is 10.7. The second-order valence-corrected chi connectivity index (χ2v) is 8.30. The molecule has 0 atom stereocenters. The van der Waals surface area contributed by atoms with Crippen molar-refractivity contribution < 1.29 is 19.1 Å². The summed E-state index contributed by atoms with van der Waals surface area (Å²) < 4.78 is 5.57. The van der Waals surface area contributed by atoms with Gasteiger partial charge in [0.05, 0.1) is 23.6 Å². The van der Waals surface area contributed by atoms with Crippen LogP contribution in [0.4, 0.5) is 5.69 Å². The van der Waals surface area contributed by atoms with Gasteiger partial charge in [0.1, 0.15) is 12.3 Å². The van der Waals surface area contributed by atoms with Crippen LogP contribution in [0, 0.1) is 0 Å². The first-order valence-electron chi connectivity index (χ1n) is 9.85. The summed E-state index contributed by atoms with van der Waals surface area (Å²) >= 11 is 1.49. The van der Waals surface area contributed by atoms with Crippen molar-refractivity contribution >= 4 is 34.7 Å². The minimum absolute atomic E-state index is 0.190. The van der Waals surface area contributed by atoms with Gasteiger partial charge in [-0.05, 0) is 49.4 Å². The molecular weight excluding hydrogens is 390 g/mol. The molecule has 2 N–H and O–H groups in total. The predicted octanol–water partition coefficient (Wildman–Crippen LogP) is 2.59. The Morgan fingerprint density at radius 2 is 1.90 bits per heavy atom. The monoisotopic (exact) mass is 413 g/mol. The Hall–Kier alpha value is -2.87. The number of rotatable bonds is 3. The van der Waals surface area contributed by atoms with E-state index < -0.39 is 5.91 Å². The SMILES string of the molecule is O=C(CN1C(=O)CCOc2ccccc21)NNC(=O)c1cc2c(s1)CCCCC2. The van der Waals surface area contributed by atoms with Gasteiger partial charge in [0.2, 0.25) is 5.91 Å². The highest BCUT2D eigenvalue weighted by atomic mass is 32.1. The maximum Gasteiger partial charge on any atom is 0.279 e. The van der Waals surface area contributed by atoms with E-state index in [9.17, 15) is 14.4 Å². The summed E-state index contributed by atoms with van der Waals surface area (Å²) in [5.41, 5.74) is 6.70. The van der Waals surface area contributed by atoms with Crippen LogP contribution in [-0.2, 0) is 22.4 Å². The van der Waals surface area contributed by atoms with Crippen molar-refractivity contribution in [1.82, 2.24) is 10.9 Å². The van der Waals surface area contributed by atoms with Crippen molar-refractivity contribution in [2.45, 2.75) is 38.5 Å². The van der Waals surface area contributed by atoms with Crippen LogP contribution >= 0.6 is 11.3 Å². The van der Waals surface area contributed by atoms with Crippen molar-refractivity contribution in [3.8, 4) is 5.75 Å². The third-order valence-electron chi connectivity index (χ3n) is 5.12. The number of anilines is 1. The second-order valence-electron chi connectivity index (χ2n) is 7.17. The number of ether oxygens (including phenoxy) is 1. The first-order chi connectivity index (χ1) is 14.1. The molecule has 1 aliphatic carbocycles. The van der Waals surface area contributed by atoms with E-state index in [4.69, 9.17) is 4.74 Å². The summed E-state index contributed by atoms with van der Waals surface area (Å²) in [5.74, 6) is -0.433. The Kier molecular flexibility index (Phi) is 5.80. The summed E-state index contributed by atoms with van der Waals surface area (Å²) in [7, 11) is 0. The molecule has 3 amide bonds. The smallest absolute Gasteiger partial charge is 0.279 e. The average molecular weight is 413 g/mol. The predicted molar refractivity (Wildman–Crippen MR) is 110 cm³/mol. The molecule has 0 unspecified atom stereocenters. The number of carbonyl (C=O) groups excluding carboxylic acids is 3. The standard InChI is InChI=1S/C21H23N3O4S/c25-19(13-24-15-7-4-5-8-16(15)28-11-10-20(24)26)22-23-21(27)18-12-14-6-2-1-3-9-17(14)29-18/h4-5,7-8,12H,1-3,6,9-11,13H2,(H,22,25)(H,23,27). The normalized spacial score (nSPS) is 16.0. The molecule has 7 nitrogen and oxygen atoms in total. The van der Waals surface area contributed by atoms with Crippen LogP contribution in [0.2, 0.25) is 0 Å². The van der Waals surface area contributed by atoms with E-state index in [1.807, 2.05) is 12.1 Å². The highest BCUT2D eigenvalue weighted by Crippen LogP contribution is 2.31. The fraction of sp³-hybridized carbons (Fsp3) is 0.381. The number of thiophene rings is 1. The maximum atomic E-state index is 12.4. The lowest BCUT2D eigenvalue weighted by Gasteiger charge is -2.21. The molecule has 2 aromatic rings. The lowest BCUT2D eigenvalue weighted by Crippen LogP contribution is -2.47. The number of fused-ring (bicyclic) bond motifs is 2. The Bertz CT molecular complexity index is 916. The van der Waals surface area contributed by atoms with Crippen molar-refractivity contribution in [3.05, 3.63) is 45.6 Å². The first kappa shape index (κ1) is 19.4. The van der Waals surface area contributed by atoms with Gasteiger partial charge in [-0.1, -0.05) is 18.6 Å². The summed E-state index contributed by atoms with van der Waals surface area (Å²) in [4.78, 5) is 40.5. The van der Waals surface area contributed by atoms with Crippen LogP contribution in [-0.4, -0.2) is 30.9 Å². The van der Waals surface area contributed by atoms with E-state index in [2.05, 4.69) is 10.9 Å². The van der Waals surface area contributed by atoms with E-state index in [1.54, 1.807) is 18.2 Å². The number of hydrazine groups is 1. The molecule has 1 aliphatic heterocycles. The number of aryl methyl sites for hydroxylation is 2. The molecule has 2 heterocycles. The molecule has 0 fully saturated rings. The van der Waals surface area contributed by atoms with E-state index in [-0.39, 0.29) is 31.4 Å². The van der Waals surface area contributed by atoms with Gasteiger partial charge in [0, 0.05) is 4.88 Å². The number of amides is 3. The molecule has 0 spiro atoms. The van der Waals surface area contributed by atoms with Crippen LogP contribution in [0.1, 0.15) is 45.8 Å². The molecule has 1 aromatic heterocycles. The van der Waals surface area contributed by atoms with Crippen LogP contribution in [0.5, 0.6) is 5.75 Å². The number of nitrogens with one attached hydrogen (secondary N) is 2. The van der Waals surface area contributed by atoms with Gasteiger partial charge in [-0.2, -0.15) is 0 Å². The lowest BCUT2D eigenvalue weighted by molar-refractivity contribution is -0.124. The van der Waals surface area contributed by atoms with E-state index in [0.717, 1.165) is 25.7 Å². The zero-order valence-corrected chi connectivity index (χ0v) is 16.8. The largest absolute Gasteiger partial charge is 0.491 e. The zero-order valence-electron chi connectivity index (χ0n) is 16.0. The van der Waals surface area contributed by atoms with Crippen molar-refractivity contribution in [1.29, 1.82) is 0 Å². The van der Waals surface area contributed by atoms with E-state index >= 15 is 0 Å². The molecular formula is C21H23N3O4S. The Labute approximate surface area is 173 Å². The summed E-state index contributed by atoms with van der Waals surface area (Å²) in [6.45, 7) is 0.0776. The Morgan fingerprint density at radius 3 is 2.79 bits per heavy atom. The molecule has 0 saturated heterocycles. The fourth-order valence-electron chi connectivity index (χ4n) is 3.64. The van der Waals surface area contributed by atoms with Crippen molar-refractivity contribution in [2.75, 3.05) is 18.1 Å². The van der Waals surface area contributed by atoms with Gasteiger partial charge in [-0.15, -0.1) is 11.3 Å². The molecule has 0 bridgehead atoms. The molecule has 8 heteroatoms. The van der Waals surface area contributed by atoms with Crippen LogP contribution in [0.15, 0.2) is 30.3 Å². The van der Waals surface area contributed by atoms with Crippen LogP contribution < -0.4 is 20.5 Å². The lowest BCUT2D eigenvalue weighted by atomic mass is 10.1. The van der Waals surface area contributed by atoms with E-state index in [0.29, 0.717) is 16.3 Å². The number of hydrogen-bond acceptors (Lipinski definition) is 5. The summed E-state index contributed by atoms with van der Waals surface area (Å²) in [6.07, 6.45) is 5.73. The van der Waals surface area contributed by atoms with Gasteiger partial charge in [-0.3, -0.25) is 30.1 Å². The number of carbonyl (C=O) groups is 3. The van der Waals surface area contributed by atoms with Gasteiger partial charge in [-0.25, -0.2) is 0 Å². The van der Waals surface area contributed by atoms with Gasteiger partial charge in [0.25, 0.3) is 11.8 Å².